The fourth-order valence-corrected chi connectivity index (χ4v) is 3.04. The molecule has 0 unspecified atom stereocenters. The van der Waals surface area contributed by atoms with Crippen LogP contribution in [0.15, 0.2) is 39.9 Å². The minimum atomic E-state index is -0.482. The standard InChI is InChI=1S/C16H21N5O2/c1-19-14(17)13(15(22)18-16(19)23)21-9-7-20(8-10-21)11-12-5-3-2-4-6-12/h2-6H,7-11,17H2,1H3,(H,18,22,23)/p+1. The Morgan fingerprint density at radius 3 is 2.48 bits per heavy atom. The molecule has 0 radical (unpaired) electrons. The molecule has 0 aliphatic carbocycles. The highest BCUT2D eigenvalue weighted by molar-refractivity contribution is 5.62. The maximum absolute atomic E-state index is 12.1. The lowest BCUT2D eigenvalue weighted by molar-refractivity contribution is -0.914. The predicted molar refractivity (Wildman–Crippen MR) is 89.8 cm³/mol. The molecule has 1 saturated heterocycles. The summed E-state index contributed by atoms with van der Waals surface area (Å²) in [5.74, 6) is 0.227. The van der Waals surface area contributed by atoms with E-state index in [0.29, 0.717) is 5.69 Å². The summed E-state index contributed by atoms with van der Waals surface area (Å²) in [6.45, 7) is 4.32. The van der Waals surface area contributed by atoms with E-state index < -0.39 is 11.2 Å². The van der Waals surface area contributed by atoms with E-state index in [1.807, 2.05) is 11.0 Å². The number of nitrogen functional groups attached to an aromatic ring is 1. The second-order valence-corrected chi connectivity index (χ2v) is 5.95. The SMILES string of the molecule is Cn1c(N)c(N2CC[NH+](Cc3ccccc3)CC2)c(=O)[nH]c1=O. The molecule has 0 bridgehead atoms. The van der Waals surface area contributed by atoms with Gasteiger partial charge in [0.25, 0.3) is 5.56 Å². The van der Waals surface area contributed by atoms with Crippen LogP contribution < -0.4 is 26.8 Å². The fraction of sp³-hybridized carbons (Fsp3) is 0.375. The Morgan fingerprint density at radius 1 is 1.17 bits per heavy atom. The van der Waals surface area contributed by atoms with Gasteiger partial charge in [-0.2, -0.15) is 0 Å². The largest absolute Gasteiger partial charge is 0.383 e. The van der Waals surface area contributed by atoms with Gasteiger partial charge in [-0.1, -0.05) is 30.3 Å². The van der Waals surface area contributed by atoms with Gasteiger partial charge in [0.2, 0.25) is 0 Å². The molecule has 122 valence electrons. The summed E-state index contributed by atoms with van der Waals surface area (Å²) in [7, 11) is 1.56. The van der Waals surface area contributed by atoms with Gasteiger partial charge in [0.15, 0.2) is 0 Å². The van der Waals surface area contributed by atoms with Crippen molar-refractivity contribution in [2.75, 3.05) is 36.8 Å². The third-order valence-corrected chi connectivity index (χ3v) is 4.43. The van der Waals surface area contributed by atoms with E-state index in [0.717, 1.165) is 32.7 Å². The van der Waals surface area contributed by atoms with E-state index in [-0.39, 0.29) is 5.82 Å². The summed E-state index contributed by atoms with van der Waals surface area (Å²) in [6.07, 6.45) is 0. The van der Waals surface area contributed by atoms with Gasteiger partial charge in [0.1, 0.15) is 18.1 Å². The van der Waals surface area contributed by atoms with Crippen LogP contribution in [0, 0.1) is 0 Å². The van der Waals surface area contributed by atoms with E-state index in [1.54, 1.807) is 7.05 Å². The van der Waals surface area contributed by atoms with Crippen molar-refractivity contribution in [1.82, 2.24) is 9.55 Å². The van der Waals surface area contributed by atoms with Gasteiger partial charge in [-0.15, -0.1) is 0 Å². The fourth-order valence-electron chi connectivity index (χ4n) is 3.04. The Kier molecular flexibility index (Phi) is 4.20. The molecular formula is C16H22N5O2+. The molecule has 4 N–H and O–H groups in total. The van der Waals surface area contributed by atoms with Gasteiger partial charge >= 0.3 is 5.69 Å². The smallest absolute Gasteiger partial charge is 0.329 e. The van der Waals surface area contributed by atoms with Crippen LogP contribution in [0.1, 0.15) is 5.56 Å². The van der Waals surface area contributed by atoms with Crippen molar-refractivity contribution in [3.05, 3.63) is 56.7 Å². The molecule has 1 aromatic heterocycles. The molecule has 7 nitrogen and oxygen atoms in total. The van der Waals surface area contributed by atoms with E-state index >= 15 is 0 Å². The van der Waals surface area contributed by atoms with E-state index in [9.17, 15) is 9.59 Å². The maximum atomic E-state index is 12.1. The molecule has 1 aliphatic heterocycles. The number of piperazine rings is 1. The van der Waals surface area contributed by atoms with E-state index in [1.165, 1.54) is 15.0 Å². The van der Waals surface area contributed by atoms with Crippen molar-refractivity contribution in [2.24, 2.45) is 7.05 Å². The van der Waals surface area contributed by atoms with Crippen LogP contribution in [0.25, 0.3) is 0 Å². The summed E-state index contributed by atoms with van der Waals surface area (Å²) in [5, 5.41) is 0. The monoisotopic (exact) mass is 316 g/mol. The number of nitrogens with zero attached hydrogens (tertiary/aromatic N) is 2. The third kappa shape index (κ3) is 3.14. The van der Waals surface area contributed by atoms with E-state index in [2.05, 4.69) is 29.2 Å². The number of nitrogens with two attached hydrogens (primary N) is 1. The van der Waals surface area contributed by atoms with Gasteiger partial charge in [0, 0.05) is 12.6 Å². The number of benzene rings is 1. The van der Waals surface area contributed by atoms with Gasteiger partial charge in [-0.05, 0) is 0 Å². The Balaban J connectivity index is 1.71. The van der Waals surface area contributed by atoms with Gasteiger partial charge < -0.3 is 15.5 Å². The molecule has 2 aromatic rings. The molecule has 3 rings (SSSR count). The summed E-state index contributed by atoms with van der Waals surface area (Å²) < 4.78 is 1.28. The first kappa shape index (κ1) is 15.4. The molecule has 0 spiro atoms. The van der Waals surface area contributed by atoms with Crippen LogP contribution in [0.5, 0.6) is 0 Å². The van der Waals surface area contributed by atoms with Crippen molar-refractivity contribution in [3.63, 3.8) is 0 Å². The first-order valence-corrected chi connectivity index (χ1v) is 7.77. The molecular weight excluding hydrogens is 294 g/mol. The van der Waals surface area contributed by atoms with Gasteiger partial charge in [0.05, 0.1) is 26.2 Å². The number of H-pyrrole nitrogens is 1. The lowest BCUT2D eigenvalue weighted by atomic mass is 10.2. The number of hydrogen-bond acceptors (Lipinski definition) is 4. The van der Waals surface area contributed by atoms with Crippen molar-refractivity contribution in [3.8, 4) is 0 Å². The predicted octanol–water partition coefficient (Wildman–Crippen LogP) is -1.44. The zero-order chi connectivity index (χ0) is 16.4. The highest BCUT2D eigenvalue weighted by atomic mass is 16.2. The lowest BCUT2D eigenvalue weighted by Crippen LogP contribution is -3.13. The summed E-state index contributed by atoms with van der Waals surface area (Å²) in [5.41, 5.74) is 6.80. The third-order valence-electron chi connectivity index (χ3n) is 4.43. The molecule has 0 saturated carbocycles. The van der Waals surface area contributed by atoms with Crippen LogP contribution in [0.2, 0.25) is 0 Å². The van der Waals surface area contributed by atoms with Crippen LogP contribution in [-0.2, 0) is 13.6 Å². The van der Waals surface area contributed by atoms with Crippen LogP contribution in [-0.4, -0.2) is 35.7 Å². The number of quaternary nitrogens is 1. The Hall–Kier alpha value is -2.54. The number of hydrogen-bond donors (Lipinski definition) is 3. The average Bonchev–Trinajstić information content (AvgIpc) is 2.55. The highest BCUT2D eigenvalue weighted by Crippen LogP contribution is 2.15. The quantitative estimate of drug-likeness (QED) is 0.647. The first-order chi connectivity index (χ1) is 11.1. The number of nitrogens with one attached hydrogen (secondary N) is 2. The molecule has 1 aliphatic rings. The average molecular weight is 316 g/mol. The molecule has 0 amide bonds. The Bertz CT molecular complexity index is 788. The second-order valence-electron chi connectivity index (χ2n) is 5.95. The summed E-state index contributed by atoms with van der Waals surface area (Å²) >= 11 is 0. The second kappa shape index (κ2) is 6.29. The summed E-state index contributed by atoms with van der Waals surface area (Å²) in [4.78, 5) is 29.4. The molecule has 23 heavy (non-hydrogen) atoms. The van der Waals surface area contributed by atoms with Crippen molar-refractivity contribution < 1.29 is 4.90 Å². The zero-order valence-electron chi connectivity index (χ0n) is 13.2. The Morgan fingerprint density at radius 2 is 1.83 bits per heavy atom. The molecule has 0 atom stereocenters. The van der Waals surface area contributed by atoms with Crippen LogP contribution in [0.3, 0.4) is 0 Å². The van der Waals surface area contributed by atoms with Crippen molar-refractivity contribution in [1.29, 1.82) is 0 Å². The van der Waals surface area contributed by atoms with Crippen molar-refractivity contribution >= 4 is 11.5 Å². The van der Waals surface area contributed by atoms with Crippen molar-refractivity contribution in [2.45, 2.75) is 6.54 Å². The zero-order valence-corrected chi connectivity index (χ0v) is 13.2. The summed E-state index contributed by atoms with van der Waals surface area (Å²) in [6, 6.07) is 10.4. The molecule has 2 heterocycles. The van der Waals surface area contributed by atoms with Crippen LogP contribution >= 0.6 is 0 Å². The lowest BCUT2D eigenvalue weighted by Gasteiger charge is -2.33. The first-order valence-electron chi connectivity index (χ1n) is 7.77. The van der Waals surface area contributed by atoms with Crippen LogP contribution in [0.4, 0.5) is 11.5 Å². The normalized spacial score (nSPS) is 15.8. The Labute approximate surface area is 134 Å². The maximum Gasteiger partial charge on any atom is 0.329 e. The van der Waals surface area contributed by atoms with E-state index in [4.69, 9.17) is 5.73 Å². The number of rotatable bonds is 3. The number of aromatic amines is 1. The van der Waals surface area contributed by atoms with Gasteiger partial charge in [-0.3, -0.25) is 14.3 Å². The number of aromatic nitrogens is 2. The molecule has 7 heteroatoms. The topological polar surface area (TPSA) is 88.6 Å². The number of anilines is 2. The minimum Gasteiger partial charge on any atom is -0.383 e. The molecule has 1 aromatic carbocycles. The van der Waals surface area contributed by atoms with Gasteiger partial charge in [-0.25, -0.2) is 4.79 Å². The molecule has 1 fully saturated rings. The minimum absolute atomic E-state index is 0.227. The highest BCUT2D eigenvalue weighted by Gasteiger charge is 2.24.